The predicted molar refractivity (Wildman–Crippen MR) is 127 cm³/mol. The highest BCUT2D eigenvalue weighted by Crippen LogP contribution is 2.15. The fourth-order valence-corrected chi connectivity index (χ4v) is 5.05. The monoisotopic (exact) mass is 458 g/mol. The van der Waals surface area contributed by atoms with Crippen molar-refractivity contribution in [2.45, 2.75) is 44.3 Å². The molecule has 0 radical (unpaired) electrons. The molecule has 1 amide bonds. The molecule has 0 atom stereocenters. The van der Waals surface area contributed by atoms with Gasteiger partial charge in [-0.2, -0.15) is 0 Å². The van der Waals surface area contributed by atoms with E-state index < -0.39 is 15.6 Å². The minimum atomic E-state index is -3.62. The van der Waals surface area contributed by atoms with Crippen molar-refractivity contribution in [2.75, 3.05) is 33.2 Å². The maximum Gasteiger partial charge on any atom is 0.251 e. The third kappa shape index (κ3) is 7.13. The molecule has 32 heavy (non-hydrogen) atoms. The van der Waals surface area contributed by atoms with Gasteiger partial charge in [0.1, 0.15) is 0 Å². The summed E-state index contributed by atoms with van der Waals surface area (Å²) in [5, 5.41) is 2.92. The highest BCUT2D eigenvalue weighted by Gasteiger charge is 2.22. The Balaban J connectivity index is 1.56. The van der Waals surface area contributed by atoms with Gasteiger partial charge < -0.3 is 10.2 Å². The van der Waals surface area contributed by atoms with Gasteiger partial charge in [0.2, 0.25) is 10.0 Å². The summed E-state index contributed by atoms with van der Waals surface area (Å²) < 4.78 is 27.4. The van der Waals surface area contributed by atoms with Crippen LogP contribution in [0.2, 0.25) is 0 Å². The maximum atomic E-state index is 12.6. The molecule has 3 rings (SSSR count). The molecule has 1 aliphatic rings. The first-order valence-electron chi connectivity index (χ1n) is 10.9. The number of hydrogen-bond acceptors (Lipinski definition) is 5. The Morgan fingerprint density at radius 3 is 2.22 bits per heavy atom. The Morgan fingerprint density at radius 1 is 0.969 bits per heavy atom. The van der Waals surface area contributed by atoms with Crippen molar-refractivity contribution in [2.24, 2.45) is 0 Å². The molecule has 1 aliphatic heterocycles. The third-order valence-corrected chi connectivity index (χ3v) is 7.09. The second-order valence-corrected chi connectivity index (χ2v) is 11.1. The Hall–Kier alpha value is -2.26. The fourth-order valence-electron chi connectivity index (χ4n) is 3.63. The van der Waals surface area contributed by atoms with Crippen LogP contribution in [0.3, 0.4) is 0 Å². The molecule has 1 fully saturated rings. The summed E-state index contributed by atoms with van der Waals surface area (Å²) in [6.45, 7) is 11.0. The second kappa shape index (κ2) is 10.1. The van der Waals surface area contributed by atoms with Crippen LogP contribution in [-0.4, -0.2) is 62.9 Å². The van der Waals surface area contributed by atoms with Gasteiger partial charge in [-0.1, -0.05) is 24.3 Å². The number of carbonyl (C=O) groups excluding carboxylic acids is 1. The SMILES string of the molecule is CN1CCN(Cc2cccc(CNC(=O)c3ccc(S(=O)(=O)NC(C)(C)C)cc3)c2)CC1. The lowest BCUT2D eigenvalue weighted by atomic mass is 10.1. The van der Waals surface area contributed by atoms with Gasteiger partial charge in [-0.05, 0) is 63.2 Å². The molecule has 2 N–H and O–H groups in total. The largest absolute Gasteiger partial charge is 0.348 e. The number of rotatable bonds is 7. The number of nitrogens with one attached hydrogen (secondary N) is 2. The maximum absolute atomic E-state index is 12.6. The number of hydrogen-bond donors (Lipinski definition) is 2. The molecule has 8 heteroatoms. The van der Waals surface area contributed by atoms with E-state index in [1.807, 2.05) is 12.1 Å². The van der Waals surface area contributed by atoms with Crippen LogP contribution in [0.4, 0.5) is 0 Å². The van der Waals surface area contributed by atoms with Crippen LogP contribution in [0.25, 0.3) is 0 Å². The summed E-state index contributed by atoms with van der Waals surface area (Å²) in [5.74, 6) is -0.234. The van der Waals surface area contributed by atoms with E-state index in [1.54, 1.807) is 20.8 Å². The quantitative estimate of drug-likeness (QED) is 0.666. The number of carbonyl (C=O) groups is 1. The third-order valence-electron chi connectivity index (χ3n) is 5.31. The molecule has 0 saturated carbocycles. The van der Waals surface area contributed by atoms with Gasteiger partial charge in [-0.3, -0.25) is 9.69 Å². The Bertz CT molecular complexity index is 1020. The van der Waals surface area contributed by atoms with Crippen LogP contribution in [0.5, 0.6) is 0 Å². The van der Waals surface area contributed by atoms with Gasteiger partial charge in [-0.25, -0.2) is 13.1 Å². The summed E-state index contributed by atoms with van der Waals surface area (Å²) >= 11 is 0. The average molecular weight is 459 g/mol. The number of likely N-dealkylation sites (N-methyl/N-ethyl adjacent to an activating group) is 1. The van der Waals surface area contributed by atoms with E-state index in [0.29, 0.717) is 12.1 Å². The highest BCUT2D eigenvalue weighted by molar-refractivity contribution is 7.89. The normalized spacial score (nSPS) is 16.1. The fraction of sp³-hybridized carbons (Fsp3) is 0.458. The number of benzene rings is 2. The smallest absolute Gasteiger partial charge is 0.251 e. The van der Waals surface area contributed by atoms with Crippen molar-refractivity contribution in [3.05, 3.63) is 65.2 Å². The van der Waals surface area contributed by atoms with E-state index in [0.717, 1.165) is 38.3 Å². The van der Waals surface area contributed by atoms with E-state index in [9.17, 15) is 13.2 Å². The summed E-state index contributed by atoms with van der Waals surface area (Å²) in [6.07, 6.45) is 0. The van der Waals surface area contributed by atoms with Gasteiger partial charge >= 0.3 is 0 Å². The van der Waals surface area contributed by atoms with Crippen LogP contribution in [0.15, 0.2) is 53.4 Å². The van der Waals surface area contributed by atoms with E-state index >= 15 is 0 Å². The summed E-state index contributed by atoms with van der Waals surface area (Å²) in [7, 11) is -1.48. The minimum absolute atomic E-state index is 0.139. The van der Waals surface area contributed by atoms with Crippen LogP contribution < -0.4 is 10.0 Å². The molecular formula is C24H34N4O3S. The van der Waals surface area contributed by atoms with Crippen molar-refractivity contribution >= 4 is 15.9 Å². The van der Waals surface area contributed by atoms with Gasteiger partial charge in [0.25, 0.3) is 5.91 Å². The summed E-state index contributed by atoms with van der Waals surface area (Å²) in [5.41, 5.74) is 2.13. The first-order valence-corrected chi connectivity index (χ1v) is 12.4. The van der Waals surface area contributed by atoms with Gasteiger partial charge in [0, 0.05) is 50.4 Å². The van der Waals surface area contributed by atoms with Crippen LogP contribution in [0, 0.1) is 0 Å². The predicted octanol–water partition coefficient (Wildman–Crippen LogP) is 2.44. The Kier molecular flexibility index (Phi) is 7.71. The van der Waals surface area contributed by atoms with Crippen molar-refractivity contribution in [3.8, 4) is 0 Å². The molecular weight excluding hydrogens is 424 g/mol. The zero-order valence-electron chi connectivity index (χ0n) is 19.4. The number of piperazine rings is 1. The van der Waals surface area contributed by atoms with E-state index in [-0.39, 0.29) is 10.8 Å². The molecule has 7 nitrogen and oxygen atoms in total. The van der Waals surface area contributed by atoms with Gasteiger partial charge in [-0.15, -0.1) is 0 Å². The van der Waals surface area contributed by atoms with Gasteiger partial charge in [0.05, 0.1) is 4.90 Å². The molecule has 0 spiro atoms. The molecule has 2 aromatic carbocycles. The minimum Gasteiger partial charge on any atom is -0.348 e. The standard InChI is InChI=1S/C24H34N4O3S/c1-24(2,3)26-32(30,31)22-10-8-21(9-11-22)23(29)25-17-19-6-5-7-20(16-19)18-28-14-12-27(4)13-15-28/h5-11,16,26H,12-15,17-18H2,1-4H3,(H,25,29). The zero-order valence-corrected chi connectivity index (χ0v) is 20.2. The Morgan fingerprint density at radius 2 is 1.59 bits per heavy atom. The van der Waals surface area contributed by atoms with Crippen LogP contribution >= 0.6 is 0 Å². The van der Waals surface area contributed by atoms with Crippen LogP contribution in [0.1, 0.15) is 42.3 Å². The molecule has 2 aromatic rings. The lowest BCUT2D eigenvalue weighted by molar-refractivity contribution is 0.0950. The lowest BCUT2D eigenvalue weighted by Gasteiger charge is -2.32. The molecule has 0 aliphatic carbocycles. The first kappa shape index (κ1) is 24.4. The first-order chi connectivity index (χ1) is 15.0. The Labute approximate surface area is 191 Å². The molecule has 174 valence electrons. The van der Waals surface area contributed by atoms with Crippen molar-refractivity contribution in [1.29, 1.82) is 0 Å². The molecule has 0 bridgehead atoms. The van der Waals surface area contributed by atoms with Crippen molar-refractivity contribution in [1.82, 2.24) is 19.8 Å². The number of sulfonamides is 1. The van der Waals surface area contributed by atoms with Crippen molar-refractivity contribution in [3.63, 3.8) is 0 Å². The molecule has 0 unspecified atom stereocenters. The number of nitrogens with zero attached hydrogens (tertiary/aromatic N) is 2. The topological polar surface area (TPSA) is 81.8 Å². The van der Waals surface area contributed by atoms with E-state index in [1.165, 1.54) is 29.8 Å². The number of amides is 1. The lowest BCUT2D eigenvalue weighted by Crippen LogP contribution is -2.43. The average Bonchev–Trinajstić information content (AvgIpc) is 2.72. The van der Waals surface area contributed by atoms with Crippen LogP contribution in [-0.2, 0) is 23.1 Å². The second-order valence-electron chi connectivity index (χ2n) is 9.46. The van der Waals surface area contributed by atoms with E-state index in [4.69, 9.17) is 0 Å². The van der Waals surface area contributed by atoms with E-state index in [2.05, 4.69) is 39.0 Å². The molecule has 0 aromatic heterocycles. The summed E-state index contributed by atoms with van der Waals surface area (Å²) in [6, 6.07) is 14.3. The van der Waals surface area contributed by atoms with Gasteiger partial charge in [0.15, 0.2) is 0 Å². The molecule has 1 saturated heterocycles. The zero-order chi connectivity index (χ0) is 23.4. The van der Waals surface area contributed by atoms with Crippen molar-refractivity contribution < 1.29 is 13.2 Å². The molecule has 1 heterocycles. The summed E-state index contributed by atoms with van der Waals surface area (Å²) in [4.78, 5) is 17.5. The highest BCUT2D eigenvalue weighted by atomic mass is 32.2.